The van der Waals surface area contributed by atoms with E-state index in [0.29, 0.717) is 12.2 Å². The highest BCUT2D eigenvalue weighted by Gasteiger charge is 2.31. The molecule has 2 heterocycles. The van der Waals surface area contributed by atoms with Crippen LogP contribution in [-0.4, -0.2) is 28.2 Å². The van der Waals surface area contributed by atoms with Crippen LogP contribution in [0.15, 0.2) is 41.8 Å². The number of benzene rings is 1. The number of hydrogen-bond donors (Lipinski definition) is 1. The van der Waals surface area contributed by atoms with E-state index in [1.807, 2.05) is 17.5 Å². The molecule has 22 heavy (non-hydrogen) atoms. The van der Waals surface area contributed by atoms with Crippen molar-refractivity contribution in [2.24, 2.45) is 0 Å². The van der Waals surface area contributed by atoms with Crippen LogP contribution in [-0.2, 0) is 0 Å². The van der Waals surface area contributed by atoms with E-state index < -0.39 is 4.92 Å². The van der Waals surface area contributed by atoms with E-state index in [2.05, 4.69) is 5.32 Å². The number of anilines is 1. The predicted molar refractivity (Wildman–Crippen MR) is 88.3 cm³/mol. The number of amides is 2. The van der Waals surface area contributed by atoms with E-state index in [9.17, 15) is 14.9 Å². The molecule has 1 aliphatic rings. The smallest absolute Gasteiger partial charge is 0.308 e. The lowest BCUT2D eigenvalue weighted by Gasteiger charge is -2.23. The summed E-state index contributed by atoms with van der Waals surface area (Å²) in [4.78, 5) is 25.5. The Kier molecular flexibility index (Phi) is 4.30. The van der Waals surface area contributed by atoms with Gasteiger partial charge in [0.2, 0.25) is 0 Å². The van der Waals surface area contributed by atoms with E-state index >= 15 is 0 Å². The number of nitro groups is 1. The average molecular weight is 335 g/mol. The molecule has 0 bridgehead atoms. The fourth-order valence-electron chi connectivity index (χ4n) is 2.21. The van der Waals surface area contributed by atoms with Gasteiger partial charge in [-0.15, -0.1) is 23.1 Å². The van der Waals surface area contributed by atoms with Crippen molar-refractivity contribution in [3.63, 3.8) is 0 Å². The van der Waals surface area contributed by atoms with Crippen molar-refractivity contribution in [2.45, 2.75) is 5.37 Å². The maximum Gasteiger partial charge on any atom is 0.323 e. The molecule has 2 amide bonds. The third-order valence-electron chi connectivity index (χ3n) is 3.27. The Bertz CT molecular complexity index is 673. The summed E-state index contributed by atoms with van der Waals surface area (Å²) in [6.45, 7) is 0.687. The SMILES string of the molecule is O=C(Nc1ccc([N+](=O)[O-])cc1)N1CCSC1c1cccs1. The Labute approximate surface area is 135 Å². The molecule has 1 aliphatic heterocycles. The van der Waals surface area contributed by atoms with E-state index in [0.717, 1.165) is 10.6 Å². The van der Waals surface area contributed by atoms with E-state index in [4.69, 9.17) is 0 Å². The third-order valence-corrected chi connectivity index (χ3v) is 5.58. The molecular formula is C14H13N3O3S2. The number of nitro benzene ring substituents is 1. The molecule has 2 aromatic rings. The van der Waals surface area contributed by atoms with Gasteiger partial charge in [0.1, 0.15) is 5.37 Å². The van der Waals surface area contributed by atoms with E-state index in [1.165, 1.54) is 12.1 Å². The minimum absolute atomic E-state index is 0.00573. The number of carbonyl (C=O) groups is 1. The quantitative estimate of drug-likeness (QED) is 0.681. The van der Waals surface area contributed by atoms with Gasteiger partial charge in [-0.3, -0.25) is 10.1 Å². The van der Waals surface area contributed by atoms with Crippen LogP contribution in [0.1, 0.15) is 10.3 Å². The molecule has 6 nitrogen and oxygen atoms in total. The first kappa shape index (κ1) is 14.9. The van der Waals surface area contributed by atoms with Crippen LogP contribution in [0.4, 0.5) is 16.2 Å². The van der Waals surface area contributed by atoms with Crippen LogP contribution in [0.2, 0.25) is 0 Å². The average Bonchev–Trinajstić information content (AvgIpc) is 3.18. The summed E-state index contributed by atoms with van der Waals surface area (Å²) in [7, 11) is 0. The predicted octanol–water partition coefficient (Wildman–Crippen LogP) is 3.94. The highest BCUT2D eigenvalue weighted by Crippen LogP contribution is 2.40. The Morgan fingerprint density at radius 2 is 2.09 bits per heavy atom. The molecule has 1 atom stereocenters. The monoisotopic (exact) mass is 335 g/mol. The molecule has 1 saturated heterocycles. The van der Waals surface area contributed by atoms with Gasteiger partial charge < -0.3 is 10.2 Å². The number of non-ortho nitro benzene ring substituents is 1. The van der Waals surface area contributed by atoms with Gasteiger partial charge in [-0.25, -0.2) is 4.79 Å². The highest BCUT2D eigenvalue weighted by molar-refractivity contribution is 7.99. The first-order chi connectivity index (χ1) is 10.6. The molecule has 3 rings (SSSR count). The molecule has 0 spiro atoms. The lowest BCUT2D eigenvalue weighted by Crippen LogP contribution is -2.34. The number of thiophene rings is 1. The van der Waals surface area contributed by atoms with Gasteiger partial charge in [0.05, 0.1) is 4.92 Å². The Morgan fingerprint density at radius 3 is 2.73 bits per heavy atom. The molecule has 114 valence electrons. The van der Waals surface area contributed by atoms with Crippen molar-refractivity contribution >= 4 is 40.5 Å². The number of carbonyl (C=O) groups excluding carboxylic acids is 1. The Hall–Kier alpha value is -2.06. The number of nitrogens with zero attached hydrogens (tertiary/aromatic N) is 2. The lowest BCUT2D eigenvalue weighted by atomic mass is 10.3. The van der Waals surface area contributed by atoms with Gasteiger partial charge in [-0.1, -0.05) is 6.07 Å². The molecule has 1 fully saturated rings. The Morgan fingerprint density at radius 1 is 1.32 bits per heavy atom. The number of thioether (sulfide) groups is 1. The second kappa shape index (κ2) is 6.37. The number of urea groups is 1. The number of rotatable bonds is 3. The van der Waals surface area contributed by atoms with E-state index in [-0.39, 0.29) is 17.1 Å². The molecule has 0 saturated carbocycles. The fourth-order valence-corrected chi connectivity index (χ4v) is 4.44. The van der Waals surface area contributed by atoms with E-state index in [1.54, 1.807) is 40.1 Å². The van der Waals surface area contributed by atoms with Gasteiger partial charge in [0.15, 0.2) is 0 Å². The maximum atomic E-state index is 12.4. The molecule has 1 N–H and O–H groups in total. The molecule has 0 radical (unpaired) electrons. The molecule has 1 unspecified atom stereocenters. The van der Waals surface area contributed by atoms with Gasteiger partial charge in [0, 0.05) is 35.0 Å². The summed E-state index contributed by atoms with van der Waals surface area (Å²) in [5.41, 5.74) is 0.559. The largest absolute Gasteiger partial charge is 0.323 e. The van der Waals surface area contributed by atoms with Gasteiger partial charge >= 0.3 is 6.03 Å². The third kappa shape index (κ3) is 3.07. The summed E-state index contributed by atoms with van der Waals surface area (Å²) in [6.07, 6.45) is 0. The zero-order valence-electron chi connectivity index (χ0n) is 11.5. The van der Waals surface area contributed by atoms with Crippen molar-refractivity contribution in [1.82, 2.24) is 4.90 Å². The van der Waals surface area contributed by atoms with Gasteiger partial charge in [-0.05, 0) is 23.6 Å². The molecule has 0 aliphatic carbocycles. The lowest BCUT2D eigenvalue weighted by molar-refractivity contribution is -0.384. The van der Waals surface area contributed by atoms with Crippen molar-refractivity contribution in [3.05, 3.63) is 56.8 Å². The summed E-state index contributed by atoms with van der Waals surface area (Å²) in [5.74, 6) is 0.899. The topological polar surface area (TPSA) is 75.5 Å². The van der Waals surface area contributed by atoms with Crippen molar-refractivity contribution in [1.29, 1.82) is 0 Å². The highest BCUT2D eigenvalue weighted by atomic mass is 32.2. The van der Waals surface area contributed by atoms with Crippen molar-refractivity contribution in [3.8, 4) is 0 Å². The zero-order valence-corrected chi connectivity index (χ0v) is 13.1. The minimum atomic E-state index is -0.463. The van der Waals surface area contributed by atoms with Crippen LogP contribution in [0.5, 0.6) is 0 Å². The standard InChI is InChI=1S/C14H13N3O3S2/c18-14(15-10-3-5-11(6-4-10)17(19)20)16-7-9-22-13(16)12-2-1-8-21-12/h1-6,8,13H,7,9H2,(H,15,18). The molecular weight excluding hydrogens is 322 g/mol. The normalized spacial score (nSPS) is 17.5. The second-order valence-corrected chi connectivity index (χ2v) is 6.83. The van der Waals surface area contributed by atoms with Crippen LogP contribution in [0.25, 0.3) is 0 Å². The minimum Gasteiger partial charge on any atom is -0.308 e. The van der Waals surface area contributed by atoms with Crippen LogP contribution >= 0.6 is 23.1 Å². The zero-order chi connectivity index (χ0) is 15.5. The molecule has 8 heteroatoms. The fraction of sp³-hybridized carbons (Fsp3) is 0.214. The number of nitrogens with one attached hydrogen (secondary N) is 1. The van der Waals surface area contributed by atoms with Crippen molar-refractivity contribution < 1.29 is 9.72 Å². The summed E-state index contributed by atoms with van der Waals surface area (Å²) >= 11 is 3.37. The number of hydrogen-bond acceptors (Lipinski definition) is 5. The summed E-state index contributed by atoms with van der Waals surface area (Å²) < 4.78 is 0. The first-order valence-corrected chi connectivity index (χ1v) is 8.55. The van der Waals surface area contributed by atoms with Crippen LogP contribution in [0.3, 0.4) is 0 Å². The maximum absolute atomic E-state index is 12.4. The molecule has 1 aromatic carbocycles. The molecule has 1 aromatic heterocycles. The van der Waals surface area contributed by atoms with Crippen LogP contribution < -0.4 is 5.32 Å². The van der Waals surface area contributed by atoms with Gasteiger partial charge in [0.25, 0.3) is 5.69 Å². The Balaban J connectivity index is 1.69. The van der Waals surface area contributed by atoms with Crippen molar-refractivity contribution in [2.75, 3.05) is 17.6 Å². The summed E-state index contributed by atoms with van der Waals surface area (Å²) in [6, 6.07) is 9.66. The van der Waals surface area contributed by atoms with Crippen LogP contribution in [0, 0.1) is 10.1 Å². The second-order valence-electron chi connectivity index (χ2n) is 4.67. The summed E-state index contributed by atoms with van der Waals surface area (Å²) in [5, 5.41) is 15.5. The first-order valence-electron chi connectivity index (χ1n) is 6.62. The van der Waals surface area contributed by atoms with Gasteiger partial charge in [-0.2, -0.15) is 0 Å².